The number of phosphoric acid groups is 1. The van der Waals surface area contributed by atoms with Gasteiger partial charge in [0.1, 0.15) is 19.8 Å². The molecule has 0 aromatic heterocycles. The van der Waals surface area contributed by atoms with Crippen LogP contribution in [0, 0.1) is 0 Å². The van der Waals surface area contributed by atoms with Gasteiger partial charge in [-0.2, -0.15) is 0 Å². The molecule has 0 N–H and O–H groups in total. The van der Waals surface area contributed by atoms with Gasteiger partial charge in [-0.1, -0.05) is 188 Å². The van der Waals surface area contributed by atoms with Gasteiger partial charge in [0.25, 0.3) is 7.82 Å². The van der Waals surface area contributed by atoms with Gasteiger partial charge in [-0.3, -0.25) is 14.2 Å². The summed E-state index contributed by atoms with van der Waals surface area (Å²) >= 11 is 0. The molecule has 0 aromatic carbocycles. The molecule has 0 amide bonds. The van der Waals surface area contributed by atoms with Crippen molar-refractivity contribution in [3.05, 3.63) is 97.2 Å². The van der Waals surface area contributed by atoms with Crippen LogP contribution in [-0.4, -0.2) is 70.0 Å². The molecule has 0 aliphatic heterocycles. The number of hydrogen-bond acceptors (Lipinski definition) is 8. The van der Waals surface area contributed by atoms with Gasteiger partial charge in [0, 0.05) is 12.8 Å². The molecule has 0 rings (SSSR count). The van der Waals surface area contributed by atoms with Crippen LogP contribution in [-0.2, 0) is 32.7 Å². The van der Waals surface area contributed by atoms with Gasteiger partial charge < -0.3 is 27.9 Å². The predicted octanol–water partition coefficient (Wildman–Crippen LogP) is 15.1. The summed E-state index contributed by atoms with van der Waals surface area (Å²) in [4.78, 5) is 37.8. The van der Waals surface area contributed by atoms with Crippen LogP contribution in [0.3, 0.4) is 0 Å². The molecule has 0 saturated carbocycles. The number of allylic oxidation sites excluding steroid dienone is 16. The monoisotopic (exact) mass is 942 g/mol. The number of rotatable bonds is 46. The van der Waals surface area contributed by atoms with E-state index in [2.05, 4.69) is 111 Å². The summed E-state index contributed by atoms with van der Waals surface area (Å²) in [5.41, 5.74) is 0. The number of hydrogen-bond donors (Lipinski definition) is 0. The summed E-state index contributed by atoms with van der Waals surface area (Å²) in [5.74, 6) is -0.861. The molecule has 0 aromatic rings. The van der Waals surface area contributed by atoms with E-state index in [1.165, 1.54) is 38.5 Å². The van der Waals surface area contributed by atoms with E-state index in [-0.39, 0.29) is 26.1 Å². The largest absolute Gasteiger partial charge is 0.756 e. The predicted molar refractivity (Wildman–Crippen MR) is 277 cm³/mol. The van der Waals surface area contributed by atoms with E-state index in [9.17, 15) is 19.0 Å². The molecule has 0 aliphatic carbocycles. The average molecular weight is 942 g/mol. The Morgan fingerprint density at radius 2 is 0.818 bits per heavy atom. The molecule has 66 heavy (non-hydrogen) atoms. The number of unbranched alkanes of at least 4 members (excludes halogenated alkanes) is 16. The summed E-state index contributed by atoms with van der Waals surface area (Å²) in [7, 11) is 1.14. The van der Waals surface area contributed by atoms with Crippen LogP contribution < -0.4 is 4.89 Å². The van der Waals surface area contributed by atoms with Crippen LogP contribution in [0.5, 0.6) is 0 Å². The number of phosphoric ester groups is 1. The third-order valence-corrected chi connectivity index (χ3v) is 11.6. The maximum atomic E-state index is 12.8. The highest BCUT2D eigenvalue weighted by Gasteiger charge is 2.21. The van der Waals surface area contributed by atoms with E-state index in [1.807, 2.05) is 21.1 Å². The van der Waals surface area contributed by atoms with Gasteiger partial charge in [-0.25, -0.2) is 0 Å². The number of likely N-dealkylation sites (N-methyl/N-ethyl adjacent to an activating group) is 1. The van der Waals surface area contributed by atoms with Crippen molar-refractivity contribution in [1.29, 1.82) is 0 Å². The Labute approximate surface area is 404 Å². The second-order valence-electron chi connectivity index (χ2n) is 18.1. The normalized spacial score (nSPS) is 14.2. The van der Waals surface area contributed by atoms with Gasteiger partial charge in [0.2, 0.25) is 0 Å². The molecular formula is C56H96NO8P. The highest BCUT2D eigenvalue weighted by atomic mass is 31.2. The third kappa shape index (κ3) is 50.3. The summed E-state index contributed by atoms with van der Waals surface area (Å²) in [5, 5.41) is 0. The fraction of sp³-hybridized carbons (Fsp3) is 0.679. The summed E-state index contributed by atoms with van der Waals surface area (Å²) in [6, 6.07) is 0. The zero-order valence-corrected chi connectivity index (χ0v) is 43.5. The molecule has 0 heterocycles. The average Bonchev–Trinajstić information content (AvgIpc) is 3.27. The van der Waals surface area contributed by atoms with Crippen molar-refractivity contribution in [2.24, 2.45) is 0 Å². The van der Waals surface area contributed by atoms with Crippen molar-refractivity contribution in [2.45, 2.75) is 200 Å². The van der Waals surface area contributed by atoms with Crippen LogP contribution >= 0.6 is 7.82 Å². The van der Waals surface area contributed by atoms with E-state index in [1.54, 1.807) is 0 Å². The van der Waals surface area contributed by atoms with Gasteiger partial charge in [-0.15, -0.1) is 0 Å². The van der Waals surface area contributed by atoms with Crippen LogP contribution in [0.15, 0.2) is 97.2 Å². The molecule has 0 aliphatic rings. The molecule has 10 heteroatoms. The molecule has 2 unspecified atom stereocenters. The first-order valence-corrected chi connectivity index (χ1v) is 27.4. The van der Waals surface area contributed by atoms with Crippen LogP contribution in [0.25, 0.3) is 0 Å². The first-order chi connectivity index (χ1) is 32.0. The lowest BCUT2D eigenvalue weighted by Gasteiger charge is -2.28. The number of esters is 2. The quantitative estimate of drug-likeness (QED) is 0.0195. The molecular weight excluding hydrogens is 846 g/mol. The van der Waals surface area contributed by atoms with Crippen molar-refractivity contribution in [3.8, 4) is 0 Å². The van der Waals surface area contributed by atoms with Gasteiger partial charge in [-0.05, 0) is 89.9 Å². The van der Waals surface area contributed by atoms with Crippen molar-refractivity contribution < 1.29 is 42.1 Å². The van der Waals surface area contributed by atoms with Crippen molar-refractivity contribution in [2.75, 3.05) is 47.5 Å². The Morgan fingerprint density at radius 3 is 1.21 bits per heavy atom. The lowest BCUT2D eigenvalue weighted by atomic mass is 10.0. The minimum atomic E-state index is -4.64. The highest BCUT2D eigenvalue weighted by Crippen LogP contribution is 2.38. The maximum absolute atomic E-state index is 12.8. The Kier molecular flexibility index (Phi) is 44.8. The van der Waals surface area contributed by atoms with E-state index < -0.39 is 32.5 Å². The Bertz CT molecular complexity index is 1440. The van der Waals surface area contributed by atoms with E-state index in [0.717, 1.165) is 116 Å². The molecule has 9 nitrogen and oxygen atoms in total. The van der Waals surface area contributed by atoms with Gasteiger partial charge in [0.05, 0.1) is 27.7 Å². The zero-order chi connectivity index (χ0) is 48.5. The van der Waals surface area contributed by atoms with Crippen LogP contribution in [0.1, 0.15) is 194 Å². The molecule has 0 spiro atoms. The summed E-state index contributed by atoms with van der Waals surface area (Å²) < 4.78 is 34.1. The SMILES string of the molecule is CC/C=C\C/C=C\C/C=C\C/C=C\CCCCCCCCCCCCC(=O)OC(COC(=O)CCCCCCCC/C=C\C/C=C\C/C=C\C/C=C\CC)COP(=O)([O-])OCC[N+](C)(C)C. The van der Waals surface area contributed by atoms with Crippen molar-refractivity contribution >= 4 is 19.8 Å². The third-order valence-electron chi connectivity index (χ3n) is 10.6. The minimum Gasteiger partial charge on any atom is -0.756 e. The molecule has 378 valence electrons. The Hall–Kier alpha value is -3.07. The smallest absolute Gasteiger partial charge is 0.306 e. The standard InChI is InChI=1S/C56H96NO8P/c1-6-8-10-12-14-16-18-20-22-24-26-27-28-29-31-33-35-37-39-41-43-45-47-49-56(59)65-54(53-64-66(60,61)63-51-50-57(3,4)5)52-62-55(58)48-46-44-42-40-38-36-34-32-30-25-23-21-19-17-15-13-11-9-7-2/h8-11,14-17,20-23,26-27,30,32,54H,6-7,12-13,18-19,24-25,28-29,31,33-53H2,1-5H3/b10-8-,11-9-,16-14-,17-15-,22-20-,23-21-,27-26-,32-30-. The fourth-order valence-electron chi connectivity index (χ4n) is 6.64. The first-order valence-electron chi connectivity index (χ1n) is 25.9. The Morgan fingerprint density at radius 1 is 0.470 bits per heavy atom. The highest BCUT2D eigenvalue weighted by molar-refractivity contribution is 7.45. The van der Waals surface area contributed by atoms with E-state index in [4.69, 9.17) is 18.5 Å². The van der Waals surface area contributed by atoms with Crippen molar-refractivity contribution in [3.63, 3.8) is 0 Å². The Balaban J connectivity index is 4.29. The zero-order valence-electron chi connectivity index (χ0n) is 42.6. The van der Waals surface area contributed by atoms with E-state index >= 15 is 0 Å². The lowest BCUT2D eigenvalue weighted by Crippen LogP contribution is -2.37. The topological polar surface area (TPSA) is 111 Å². The van der Waals surface area contributed by atoms with Crippen molar-refractivity contribution in [1.82, 2.24) is 0 Å². The summed E-state index contributed by atoms with van der Waals surface area (Å²) in [6.45, 7) is 3.98. The molecule has 2 atom stereocenters. The number of ether oxygens (including phenoxy) is 2. The van der Waals surface area contributed by atoms with Gasteiger partial charge >= 0.3 is 11.9 Å². The first kappa shape index (κ1) is 62.9. The van der Waals surface area contributed by atoms with Crippen LogP contribution in [0.4, 0.5) is 0 Å². The number of nitrogens with zero attached hydrogens (tertiary/aromatic N) is 1. The second kappa shape index (κ2) is 47.0. The fourth-order valence-corrected chi connectivity index (χ4v) is 7.37. The molecule has 0 fully saturated rings. The number of carbonyl (C=O) groups is 2. The molecule has 0 bridgehead atoms. The van der Waals surface area contributed by atoms with E-state index in [0.29, 0.717) is 23.9 Å². The minimum absolute atomic E-state index is 0.0394. The maximum Gasteiger partial charge on any atom is 0.306 e. The number of quaternary nitrogens is 1. The van der Waals surface area contributed by atoms with Gasteiger partial charge in [0.15, 0.2) is 6.10 Å². The molecule has 0 saturated heterocycles. The summed E-state index contributed by atoms with van der Waals surface area (Å²) in [6.07, 6.45) is 62.9. The number of carbonyl (C=O) groups excluding carboxylic acids is 2. The molecule has 0 radical (unpaired) electrons. The lowest BCUT2D eigenvalue weighted by molar-refractivity contribution is -0.870. The second-order valence-corrected chi connectivity index (χ2v) is 19.5. The van der Waals surface area contributed by atoms with Crippen LogP contribution in [0.2, 0.25) is 0 Å².